The Balaban J connectivity index is 1.32. The highest BCUT2D eigenvalue weighted by Gasteiger charge is 2.25. The van der Waals surface area contributed by atoms with Gasteiger partial charge in [0.15, 0.2) is 0 Å². The van der Waals surface area contributed by atoms with Crippen LogP contribution in [0.4, 0.5) is 10.5 Å². The number of hydrogen-bond acceptors (Lipinski definition) is 9. The van der Waals surface area contributed by atoms with E-state index in [1.165, 1.54) is 16.6 Å². The number of carbonyl (C=O) groups is 2. The van der Waals surface area contributed by atoms with Crippen molar-refractivity contribution < 1.29 is 19.1 Å². The Morgan fingerprint density at radius 1 is 1.04 bits per heavy atom. The summed E-state index contributed by atoms with van der Waals surface area (Å²) in [7, 11) is 0. The molecule has 2 heterocycles. The van der Waals surface area contributed by atoms with Crippen LogP contribution in [0.5, 0.6) is 5.75 Å². The molecule has 1 aliphatic carbocycles. The van der Waals surface area contributed by atoms with E-state index in [0.29, 0.717) is 30.0 Å². The highest BCUT2D eigenvalue weighted by Crippen LogP contribution is 2.30. The first-order chi connectivity index (χ1) is 22.5. The second kappa shape index (κ2) is 16.3. The van der Waals surface area contributed by atoms with Crippen LogP contribution in [-0.2, 0) is 4.74 Å². The van der Waals surface area contributed by atoms with E-state index in [4.69, 9.17) is 9.47 Å². The monoisotopic (exact) mass is 642 g/mol. The van der Waals surface area contributed by atoms with Gasteiger partial charge in [0.25, 0.3) is 5.91 Å². The number of nitrogens with zero attached hydrogens (tertiary/aromatic N) is 4. The largest absolute Gasteiger partial charge is 0.491 e. The molecule has 2 N–H and O–H groups in total. The number of rotatable bonds is 16. The summed E-state index contributed by atoms with van der Waals surface area (Å²) in [4.78, 5) is 33.5. The zero-order chi connectivity index (χ0) is 32.3. The van der Waals surface area contributed by atoms with Gasteiger partial charge in [0.05, 0.1) is 41.0 Å². The lowest BCUT2D eigenvalue weighted by atomic mass is 10.1. The Kier molecular flexibility index (Phi) is 11.7. The van der Waals surface area contributed by atoms with Crippen molar-refractivity contribution in [1.82, 2.24) is 25.0 Å². The van der Waals surface area contributed by atoms with Crippen LogP contribution in [0.2, 0.25) is 0 Å². The molecule has 1 amide bonds. The minimum absolute atomic E-state index is 0.0853. The first-order valence-corrected chi connectivity index (χ1v) is 16.8. The lowest BCUT2D eigenvalue weighted by Gasteiger charge is -2.17. The molecule has 1 saturated carbocycles. The van der Waals surface area contributed by atoms with Crippen LogP contribution in [0.25, 0.3) is 23.1 Å². The molecule has 0 bridgehead atoms. The first kappa shape index (κ1) is 33.0. The average Bonchev–Trinajstić information content (AvgIpc) is 3.83. The second-order valence-corrected chi connectivity index (χ2v) is 11.9. The van der Waals surface area contributed by atoms with Gasteiger partial charge >= 0.3 is 6.09 Å². The van der Waals surface area contributed by atoms with E-state index in [1.807, 2.05) is 73.7 Å². The van der Waals surface area contributed by atoms with Gasteiger partial charge in [-0.25, -0.2) is 4.79 Å². The van der Waals surface area contributed by atoms with E-state index in [1.54, 1.807) is 6.20 Å². The molecule has 242 valence electrons. The summed E-state index contributed by atoms with van der Waals surface area (Å²) < 4.78 is 16.0. The Hall–Kier alpha value is -4.35. The summed E-state index contributed by atoms with van der Waals surface area (Å²) in [5, 5.41) is 8.47. The Morgan fingerprint density at radius 3 is 2.61 bits per heavy atom. The number of anilines is 1. The molecule has 46 heavy (non-hydrogen) atoms. The molecule has 0 atom stereocenters. The van der Waals surface area contributed by atoms with Gasteiger partial charge in [-0.1, -0.05) is 39.3 Å². The standard InChI is InChI=1S/C35H42N6O4S/c1-4-7-21-45-35(43)41-33-23-28(46-39-32-11-9-8-10-30(32)34(42)37-26-12-13-26)17-18-29(33)31(38-41)19-15-25-14-16-27(24-36-25)44-22-20-40(5-2)6-3/h8-11,14-19,23-24,26,39H,4-7,12-13,20-22H2,1-3H3,(H,37,42)/b19-15+. The van der Waals surface area contributed by atoms with Gasteiger partial charge in [0.2, 0.25) is 0 Å². The molecule has 0 spiro atoms. The molecule has 2 aromatic heterocycles. The molecule has 11 heteroatoms. The number of carbonyl (C=O) groups excluding carboxylic acids is 2. The molecule has 5 rings (SSSR count). The smallest absolute Gasteiger partial charge is 0.435 e. The third-order valence-corrected chi connectivity index (χ3v) is 8.49. The van der Waals surface area contributed by atoms with E-state index in [9.17, 15) is 9.59 Å². The third kappa shape index (κ3) is 8.88. The maximum Gasteiger partial charge on any atom is 0.435 e. The zero-order valence-electron chi connectivity index (χ0n) is 26.7. The lowest BCUT2D eigenvalue weighted by molar-refractivity contribution is 0.0952. The van der Waals surface area contributed by atoms with Gasteiger partial charge in [-0.3, -0.25) is 9.78 Å². The summed E-state index contributed by atoms with van der Waals surface area (Å²) >= 11 is 1.36. The predicted molar refractivity (Wildman–Crippen MR) is 184 cm³/mol. The summed E-state index contributed by atoms with van der Waals surface area (Å²) in [6.45, 7) is 10.1. The van der Waals surface area contributed by atoms with Gasteiger partial charge in [0.1, 0.15) is 12.4 Å². The highest BCUT2D eigenvalue weighted by molar-refractivity contribution is 8.00. The third-order valence-electron chi connectivity index (χ3n) is 7.68. The van der Waals surface area contributed by atoms with Gasteiger partial charge < -0.3 is 24.4 Å². The number of hydrogen-bond donors (Lipinski definition) is 2. The van der Waals surface area contributed by atoms with Crippen molar-refractivity contribution in [2.24, 2.45) is 0 Å². The van der Waals surface area contributed by atoms with Crippen molar-refractivity contribution in [3.8, 4) is 5.75 Å². The topological polar surface area (TPSA) is 111 Å². The molecule has 4 aromatic rings. The summed E-state index contributed by atoms with van der Waals surface area (Å²) in [5.41, 5.74) is 3.29. The minimum atomic E-state index is -0.528. The average molecular weight is 643 g/mol. The number of nitrogens with one attached hydrogen (secondary N) is 2. The number of unbranched alkanes of at least 4 members (excludes halogenated alkanes) is 1. The molecule has 0 aliphatic heterocycles. The molecule has 1 fully saturated rings. The number of likely N-dealkylation sites (N-methyl/N-ethyl adjacent to an activating group) is 1. The normalized spacial score (nSPS) is 13.0. The minimum Gasteiger partial charge on any atom is -0.491 e. The number of benzene rings is 2. The maximum atomic E-state index is 13.1. The number of amides is 1. The Morgan fingerprint density at radius 2 is 1.87 bits per heavy atom. The number of pyridine rings is 1. The summed E-state index contributed by atoms with van der Waals surface area (Å²) in [5.74, 6) is 0.636. The van der Waals surface area contributed by atoms with Crippen LogP contribution in [0.1, 0.15) is 68.2 Å². The van der Waals surface area contributed by atoms with Crippen molar-refractivity contribution in [2.75, 3.05) is 37.6 Å². The zero-order valence-corrected chi connectivity index (χ0v) is 27.5. The fourth-order valence-electron chi connectivity index (χ4n) is 4.76. The molecular weight excluding hydrogens is 600 g/mol. The van der Waals surface area contributed by atoms with Gasteiger partial charge in [-0.05, 0) is 98.9 Å². The molecular formula is C35H42N6O4S. The molecule has 0 radical (unpaired) electrons. The highest BCUT2D eigenvalue weighted by atomic mass is 32.2. The Labute approximate surface area is 274 Å². The van der Waals surface area contributed by atoms with Crippen LogP contribution in [0.15, 0.2) is 65.7 Å². The second-order valence-electron chi connectivity index (χ2n) is 11.1. The van der Waals surface area contributed by atoms with Crippen LogP contribution in [0, 0.1) is 0 Å². The molecule has 1 aliphatic rings. The van der Waals surface area contributed by atoms with Crippen LogP contribution < -0.4 is 14.8 Å². The molecule has 2 aromatic carbocycles. The molecule has 0 unspecified atom stereocenters. The van der Waals surface area contributed by atoms with Crippen LogP contribution in [0.3, 0.4) is 0 Å². The van der Waals surface area contributed by atoms with Gasteiger partial charge in [0, 0.05) is 22.9 Å². The van der Waals surface area contributed by atoms with Crippen molar-refractivity contribution >= 4 is 52.7 Å². The van der Waals surface area contributed by atoms with Gasteiger partial charge in [-0.15, -0.1) is 0 Å². The Bertz CT molecular complexity index is 1650. The fourth-order valence-corrected chi connectivity index (χ4v) is 5.47. The van der Waals surface area contributed by atoms with Gasteiger partial charge in [-0.2, -0.15) is 9.78 Å². The van der Waals surface area contributed by atoms with E-state index in [0.717, 1.165) is 72.7 Å². The van der Waals surface area contributed by atoms with E-state index in [-0.39, 0.29) is 11.9 Å². The van der Waals surface area contributed by atoms with E-state index in [2.05, 4.69) is 38.9 Å². The van der Waals surface area contributed by atoms with E-state index < -0.39 is 6.09 Å². The van der Waals surface area contributed by atoms with E-state index >= 15 is 0 Å². The number of fused-ring (bicyclic) bond motifs is 1. The van der Waals surface area contributed by atoms with Crippen LogP contribution in [-0.4, -0.2) is 70.6 Å². The summed E-state index contributed by atoms with van der Waals surface area (Å²) in [6, 6.07) is 17.3. The van der Waals surface area contributed by atoms with Crippen molar-refractivity contribution in [3.63, 3.8) is 0 Å². The number of aromatic nitrogens is 3. The number of para-hydroxylation sites is 1. The van der Waals surface area contributed by atoms with Crippen molar-refractivity contribution in [1.29, 1.82) is 0 Å². The van der Waals surface area contributed by atoms with Crippen molar-refractivity contribution in [3.05, 3.63) is 77.7 Å². The fraction of sp³-hybridized carbons (Fsp3) is 0.371. The lowest BCUT2D eigenvalue weighted by Crippen LogP contribution is -2.27. The summed E-state index contributed by atoms with van der Waals surface area (Å²) in [6.07, 6.45) is 8.64. The maximum absolute atomic E-state index is 13.1. The number of ether oxygens (including phenoxy) is 2. The van der Waals surface area contributed by atoms with Crippen LogP contribution >= 0.6 is 11.9 Å². The molecule has 0 saturated heterocycles. The predicted octanol–water partition coefficient (Wildman–Crippen LogP) is 7.12. The molecule has 10 nitrogen and oxygen atoms in total. The first-order valence-electron chi connectivity index (χ1n) is 16.0. The quantitative estimate of drug-likeness (QED) is 0.0975. The SMILES string of the molecule is CCCCOC(=O)n1nc(/C=C/c2ccc(OCCN(CC)CC)cn2)c2ccc(SNc3ccccc3C(=O)NC3CC3)cc21. The van der Waals surface area contributed by atoms with Crippen molar-refractivity contribution in [2.45, 2.75) is 57.4 Å².